The van der Waals surface area contributed by atoms with Gasteiger partial charge in [0.25, 0.3) is 0 Å². The van der Waals surface area contributed by atoms with Crippen molar-refractivity contribution in [2.75, 3.05) is 26.2 Å². The van der Waals surface area contributed by atoms with Crippen molar-refractivity contribution in [3.63, 3.8) is 0 Å². The second-order valence-electron chi connectivity index (χ2n) is 3.32. The lowest BCUT2D eigenvalue weighted by Crippen LogP contribution is -2.24. The molecule has 0 fully saturated rings. The monoisotopic (exact) mass is 306 g/mol. The fourth-order valence-electron chi connectivity index (χ4n) is 1.20. The summed E-state index contributed by atoms with van der Waals surface area (Å²) in [7, 11) is 0. The molecule has 0 amide bonds. The van der Waals surface area contributed by atoms with E-state index in [-0.39, 0.29) is 0 Å². The molecule has 1 aromatic carbocycles. The molecular weight excluding hydrogens is 291 g/mol. The SMILES string of the molecule is NCCNCCCOc1ccc(Br)cc1Cl. The Labute approximate surface area is 109 Å². The highest BCUT2D eigenvalue weighted by atomic mass is 79.9. The van der Waals surface area contributed by atoms with E-state index >= 15 is 0 Å². The first-order valence-electron chi connectivity index (χ1n) is 5.22. The second-order valence-corrected chi connectivity index (χ2v) is 4.64. The number of halogens is 2. The Morgan fingerprint density at radius 2 is 2.19 bits per heavy atom. The zero-order chi connectivity index (χ0) is 11.8. The molecule has 0 saturated heterocycles. The average Bonchev–Trinajstić information content (AvgIpc) is 2.26. The van der Waals surface area contributed by atoms with Crippen LogP contribution in [0.1, 0.15) is 6.42 Å². The molecule has 16 heavy (non-hydrogen) atoms. The van der Waals surface area contributed by atoms with Gasteiger partial charge in [-0.05, 0) is 31.2 Å². The smallest absolute Gasteiger partial charge is 0.137 e. The molecule has 90 valence electrons. The van der Waals surface area contributed by atoms with Crippen LogP contribution in [0.15, 0.2) is 22.7 Å². The van der Waals surface area contributed by atoms with Gasteiger partial charge in [0.05, 0.1) is 11.6 Å². The molecule has 3 N–H and O–H groups in total. The first kappa shape index (κ1) is 13.8. The van der Waals surface area contributed by atoms with E-state index in [1.807, 2.05) is 18.2 Å². The van der Waals surface area contributed by atoms with Crippen molar-refractivity contribution in [1.29, 1.82) is 0 Å². The lowest BCUT2D eigenvalue weighted by Gasteiger charge is -2.08. The van der Waals surface area contributed by atoms with Gasteiger partial charge in [0.1, 0.15) is 5.75 Å². The van der Waals surface area contributed by atoms with E-state index in [2.05, 4.69) is 21.2 Å². The van der Waals surface area contributed by atoms with Crippen LogP contribution in [0.3, 0.4) is 0 Å². The lowest BCUT2D eigenvalue weighted by molar-refractivity contribution is 0.308. The van der Waals surface area contributed by atoms with Crippen molar-refractivity contribution in [3.05, 3.63) is 27.7 Å². The van der Waals surface area contributed by atoms with E-state index in [4.69, 9.17) is 22.1 Å². The van der Waals surface area contributed by atoms with E-state index < -0.39 is 0 Å². The lowest BCUT2D eigenvalue weighted by atomic mass is 10.3. The fraction of sp³-hybridized carbons (Fsp3) is 0.455. The van der Waals surface area contributed by atoms with Crippen LogP contribution in [0.2, 0.25) is 5.02 Å². The minimum absolute atomic E-state index is 0.629. The van der Waals surface area contributed by atoms with Gasteiger partial charge in [0.15, 0.2) is 0 Å². The minimum Gasteiger partial charge on any atom is -0.492 e. The normalized spacial score (nSPS) is 10.4. The van der Waals surface area contributed by atoms with E-state index in [0.717, 1.165) is 29.7 Å². The van der Waals surface area contributed by atoms with Crippen molar-refractivity contribution < 1.29 is 4.74 Å². The maximum absolute atomic E-state index is 6.00. The van der Waals surface area contributed by atoms with Crippen molar-refractivity contribution >= 4 is 27.5 Å². The Kier molecular flexibility index (Phi) is 6.80. The third kappa shape index (κ3) is 5.16. The summed E-state index contributed by atoms with van der Waals surface area (Å²) >= 11 is 9.35. The van der Waals surface area contributed by atoms with Gasteiger partial charge in [-0.15, -0.1) is 0 Å². The molecule has 0 aliphatic rings. The molecular formula is C11H16BrClN2O. The maximum Gasteiger partial charge on any atom is 0.137 e. The Morgan fingerprint density at radius 1 is 1.38 bits per heavy atom. The molecule has 0 heterocycles. The highest BCUT2D eigenvalue weighted by Gasteiger charge is 2.01. The van der Waals surface area contributed by atoms with Gasteiger partial charge in [-0.2, -0.15) is 0 Å². The summed E-state index contributed by atoms with van der Waals surface area (Å²) < 4.78 is 6.50. The van der Waals surface area contributed by atoms with E-state index in [9.17, 15) is 0 Å². The quantitative estimate of drug-likeness (QED) is 0.761. The van der Waals surface area contributed by atoms with E-state index in [1.165, 1.54) is 0 Å². The van der Waals surface area contributed by atoms with Crippen LogP contribution in [-0.4, -0.2) is 26.2 Å². The summed E-state index contributed by atoms with van der Waals surface area (Å²) in [5.74, 6) is 0.726. The van der Waals surface area contributed by atoms with Gasteiger partial charge < -0.3 is 15.8 Å². The Hall–Kier alpha value is -0.290. The van der Waals surface area contributed by atoms with Crippen molar-refractivity contribution in [2.45, 2.75) is 6.42 Å². The predicted octanol–water partition coefficient (Wildman–Crippen LogP) is 2.42. The van der Waals surface area contributed by atoms with Crippen LogP contribution < -0.4 is 15.8 Å². The van der Waals surface area contributed by atoms with Crippen LogP contribution in [0.25, 0.3) is 0 Å². The zero-order valence-corrected chi connectivity index (χ0v) is 11.4. The average molecular weight is 308 g/mol. The molecule has 3 nitrogen and oxygen atoms in total. The molecule has 0 atom stereocenters. The molecule has 5 heteroatoms. The minimum atomic E-state index is 0.629. The number of ether oxygens (including phenoxy) is 1. The molecule has 0 aliphatic heterocycles. The summed E-state index contributed by atoms with van der Waals surface area (Å²) in [6.07, 6.45) is 0.937. The number of hydrogen-bond acceptors (Lipinski definition) is 3. The summed E-state index contributed by atoms with van der Waals surface area (Å²) in [5.41, 5.74) is 5.35. The van der Waals surface area contributed by atoms with Crippen molar-refractivity contribution in [2.24, 2.45) is 5.73 Å². The van der Waals surface area contributed by atoms with Crippen molar-refractivity contribution in [1.82, 2.24) is 5.32 Å². The Morgan fingerprint density at radius 3 is 2.88 bits per heavy atom. The van der Waals surface area contributed by atoms with Gasteiger partial charge in [-0.1, -0.05) is 27.5 Å². The summed E-state index contributed by atoms with van der Waals surface area (Å²) in [5, 5.41) is 3.83. The molecule has 0 bridgehead atoms. The highest BCUT2D eigenvalue weighted by molar-refractivity contribution is 9.10. The van der Waals surface area contributed by atoms with Crippen molar-refractivity contribution in [3.8, 4) is 5.75 Å². The van der Waals surface area contributed by atoms with E-state index in [0.29, 0.717) is 18.2 Å². The van der Waals surface area contributed by atoms with Crippen LogP contribution in [0.4, 0.5) is 0 Å². The van der Waals surface area contributed by atoms with E-state index in [1.54, 1.807) is 0 Å². The van der Waals surface area contributed by atoms with Crippen LogP contribution in [0.5, 0.6) is 5.75 Å². The largest absolute Gasteiger partial charge is 0.492 e. The Bertz CT molecular complexity index is 323. The second kappa shape index (κ2) is 7.90. The third-order valence-corrected chi connectivity index (χ3v) is 2.76. The number of rotatable bonds is 7. The predicted molar refractivity (Wildman–Crippen MR) is 71.2 cm³/mol. The molecule has 0 aromatic heterocycles. The van der Waals surface area contributed by atoms with Gasteiger partial charge in [-0.3, -0.25) is 0 Å². The first-order chi connectivity index (χ1) is 7.74. The standard InChI is InChI=1S/C11H16BrClN2O/c12-9-2-3-11(10(13)8-9)16-7-1-5-15-6-4-14/h2-3,8,15H,1,4-7,14H2. The summed E-state index contributed by atoms with van der Waals surface area (Å²) in [6, 6.07) is 5.59. The van der Waals surface area contributed by atoms with Crippen LogP contribution in [0, 0.1) is 0 Å². The molecule has 0 aliphatic carbocycles. The zero-order valence-electron chi connectivity index (χ0n) is 9.01. The van der Waals surface area contributed by atoms with Gasteiger partial charge in [0, 0.05) is 17.6 Å². The highest BCUT2D eigenvalue weighted by Crippen LogP contribution is 2.27. The topological polar surface area (TPSA) is 47.3 Å². The third-order valence-electron chi connectivity index (χ3n) is 1.97. The molecule has 0 unspecified atom stereocenters. The van der Waals surface area contributed by atoms with Gasteiger partial charge in [0.2, 0.25) is 0 Å². The molecule has 1 rings (SSSR count). The fourth-order valence-corrected chi connectivity index (χ4v) is 1.93. The molecule has 1 aromatic rings. The Balaban J connectivity index is 2.21. The molecule has 0 radical (unpaired) electrons. The van der Waals surface area contributed by atoms with Crippen LogP contribution in [-0.2, 0) is 0 Å². The number of nitrogens with two attached hydrogens (primary N) is 1. The van der Waals surface area contributed by atoms with Gasteiger partial charge in [-0.25, -0.2) is 0 Å². The van der Waals surface area contributed by atoms with Gasteiger partial charge >= 0.3 is 0 Å². The number of hydrogen-bond donors (Lipinski definition) is 2. The summed E-state index contributed by atoms with van der Waals surface area (Å²) in [4.78, 5) is 0. The summed E-state index contributed by atoms with van der Waals surface area (Å²) in [6.45, 7) is 3.07. The maximum atomic E-state index is 6.00. The molecule has 0 saturated carbocycles. The number of nitrogens with one attached hydrogen (secondary N) is 1. The first-order valence-corrected chi connectivity index (χ1v) is 6.40. The number of benzene rings is 1. The molecule has 0 spiro atoms. The van der Waals surface area contributed by atoms with Crippen LogP contribution >= 0.6 is 27.5 Å².